The lowest BCUT2D eigenvalue weighted by atomic mass is 9.91. The minimum Gasteiger partial charge on any atom is -0.508 e. The van der Waals surface area contributed by atoms with Gasteiger partial charge < -0.3 is 5.11 Å². The maximum Gasteiger partial charge on any atom is 0.115 e. The number of hydrogen-bond donors (Lipinski definition) is 1. The lowest BCUT2D eigenvalue weighted by Crippen LogP contribution is -2.57. The van der Waals surface area contributed by atoms with Gasteiger partial charge in [-0.3, -0.25) is 9.80 Å². The molecule has 1 fully saturated rings. The van der Waals surface area contributed by atoms with Crippen molar-refractivity contribution in [2.24, 2.45) is 0 Å². The molecule has 0 aromatic heterocycles. The number of phenolic OH excluding ortho intramolecular Hbond substituents is 1. The van der Waals surface area contributed by atoms with E-state index in [1.54, 1.807) is 6.07 Å². The smallest absolute Gasteiger partial charge is 0.115 e. The van der Waals surface area contributed by atoms with Gasteiger partial charge in [0.1, 0.15) is 5.75 Å². The second kappa shape index (κ2) is 8.47. The molecule has 0 spiro atoms. The molecule has 1 aliphatic heterocycles. The molecule has 1 saturated heterocycles. The molecule has 3 unspecified atom stereocenters. The van der Waals surface area contributed by atoms with Gasteiger partial charge in [0.05, 0.1) is 6.04 Å². The van der Waals surface area contributed by atoms with Gasteiger partial charge in [0, 0.05) is 36.7 Å². The number of nitrogens with zero attached hydrogens (tertiary/aromatic N) is 2. The molecule has 0 radical (unpaired) electrons. The molecule has 0 bridgehead atoms. The van der Waals surface area contributed by atoms with Crippen LogP contribution < -0.4 is 0 Å². The van der Waals surface area contributed by atoms with E-state index >= 15 is 0 Å². The average Bonchev–Trinajstić information content (AvgIpc) is 2.61. The Labute approximate surface area is 167 Å². The molecular formula is C23H29ClN2O. The number of aryl methyl sites for hydroxylation is 1. The van der Waals surface area contributed by atoms with E-state index in [4.69, 9.17) is 11.6 Å². The standard InChI is InChI=1S/C23H29ClN2O/c1-5-11-25-14-18(4)26(15-17(25)3)23(19-7-6-8-21(27)13-19)22-10-9-20(24)12-16(22)2/h5-10,12-13,17-18,23,27H,1,11,14-15H2,2-4H3. The minimum absolute atomic E-state index is 0.0812. The number of aromatic hydroxyl groups is 1. The number of hydrogen-bond acceptors (Lipinski definition) is 3. The number of benzene rings is 2. The molecule has 27 heavy (non-hydrogen) atoms. The summed E-state index contributed by atoms with van der Waals surface area (Å²) in [5.41, 5.74) is 3.52. The molecule has 1 N–H and O–H groups in total. The van der Waals surface area contributed by atoms with E-state index in [2.05, 4.69) is 49.3 Å². The molecule has 4 heteroatoms. The summed E-state index contributed by atoms with van der Waals surface area (Å²) < 4.78 is 0. The summed E-state index contributed by atoms with van der Waals surface area (Å²) in [6.45, 7) is 13.4. The second-order valence-electron chi connectivity index (χ2n) is 7.64. The van der Waals surface area contributed by atoms with Gasteiger partial charge in [-0.1, -0.05) is 35.9 Å². The van der Waals surface area contributed by atoms with Crippen LogP contribution in [0, 0.1) is 6.92 Å². The van der Waals surface area contributed by atoms with Gasteiger partial charge in [-0.15, -0.1) is 6.58 Å². The van der Waals surface area contributed by atoms with E-state index in [-0.39, 0.29) is 6.04 Å². The first-order chi connectivity index (χ1) is 12.9. The van der Waals surface area contributed by atoms with Crippen LogP contribution >= 0.6 is 11.6 Å². The van der Waals surface area contributed by atoms with Crippen molar-refractivity contribution in [2.75, 3.05) is 19.6 Å². The summed E-state index contributed by atoms with van der Waals surface area (Å²) in [6, 6.07) is 14.6. The molecule has 1 heterocycles. The highest BCUT2D eigenvalue weighted by atomic mass is 35.5. The maximum atomic E-state index is 10.1. The first kappa shape index (κ1) is 19.9. The normalized spacial score (nSPS) is 22.5. The summed E-state index contributed by atoms with van der Waals surface area (Å²) in [7, 11) is 0. The van der Waals surface area contributed by atoms with Crippen LogP contribution in [0.3, 0.4) is 0 Å². The molecule has 0 saturated carbocycles. The fourth-order valence-corrected chi connectivity index (χ4v) is 4.42. The maximum absolute atomic E-state index is 10.1. The van der Waals surface area contributed by atoms with Gasteiger partial charge >= 0.3 is 0 Å². The predicted molar refractivity (Wildman–Crippen MR) is 114 cm³/mol. The number of phenols is 1. The Morgan fingerprint density at radius 1 is 1.19 bits per heavy atom. The van der Waals surface area contributed by atoms with E-state index in [0.717, 1.165) is 30.2 Å². The fourth-order valence-electron chi connectivity index (χ4n) is 4.20. The molecule has 2 aromatic carbocycles. The van der Waals surface area contributed by atoms with Gasteiger partial charge in [-0.25, -0.2) is 0 Å². The van der Waals surface area contributed by atoms with Crippen LogP contribution in [-0.2, 0) is 0 Å². The highest BCUT2D eigenvalue weighted by Crippen LogP contribution is 2.36. The molecule has 0 amide bonds. The van der Waals surface area contributed by atoms with Gasteiger partial charge in [-0.2, -0.15) is 0 Å². The van der Waals surface area contributed by atoms with E-state index < -0.39 is 0 Å². The van der Waals surface area contributed by atoms with Crippen molar-refractivity contribution < 1.29 is 5.11 Å². The van der Waals surface area contributed by atoms with Crippen LogP contribution in [-0.4, -0.2) is 46.6 Å². The highest BCUT2D eigenvalue weighted by Gasteiger charge is 2.35. The molecule has 3 rings (SSSR count). The number of halogens is 1. The zero-order valence-electron chi connectivity index (χ0n) is 16.4. The van der Waals surface area contributed by atoms with Crippen LogP contribution in [0.1, 0.15) is 36.6 Å². The summed E-state index contributed by atoms with van der Waals surface area (Å²) in [5.74, 6) is 0.301. The van der Waals surface area contributed by atoms with E-state index in [1.165, 1.54) is 11.1 Å². The lowest BCUT2D eigenvalue weighted by Gasteiger charge is -2.47. The van der Waals surface area contributed by atoms with Crippen molar-refractivity contribution >= 4 is 11.6 Å². The van der Waals surface area contributed by atoms with Gasteiger partial charge in [0.25, 0.3) is 0 Å². The van der Waals surface area contributed by atoms with Crippen LogP contribution in [0.5, 0.6) is 5.75 Å². The first-order valence-corrected chi connectivity index (χ1v) is 9.94. The molecule has 1 aliphatic rings. The molecule has 144 valence electrons. The zero-order valence-corrected chi connectivity index (χ0v) is 17.2. The van der Waals surface area contributed by atoms with Crippen molar-refractivity contribution in [1.29, 1.82) is 0 Å². The molecule has 3 atom stereocenters. The van der Waals surface area contributed by atoms with Crippen molar-refractivity contribution in [1.82, 2.24) is 9.80 Å². The minimum atomic E-state index is 0.0812. The third-order valence-electron chi connectivity index (χ3n) is 5.57. The van der Waals surface area contributed by atoms with Gasteiger partial charge in [-0.05, 0) is 61.7 Å². The zero-order chi connectivity index (χ0) is 19.6. The molecule has 3 nitrogen and oxygen atoms in total. The number of rotatable bonds is 5. The first-order valence-electron chi connectivity index (χ1n) is 9.56. The average molecular weight is 385 g/mol. The molecule has 0 aliphatic carbocycles. The van der Waals surface area contributed by atoms with E-state index in [1.807, 2.05) is 30.3 Å². The Balaban J connectivity index is 2.03. The monoisotopic (exact) mass is 384 g/mol. The largest absolute Gasteiger partial charge is 0.508 e. The Bertz CT molecular complexity index is 807. The highest BCUT2D eigenvalue weighted by molar-refractivity contribution is 6.30. The summed E-state index contributed by atoms with van der Waals surface area (Å²) in [5, 5.41) is 10.8. The number of piperazine rings is 1. The van der Waals surface area contributed by atoms with Gasteiger partial charge in [0.2, 0.25) is 0 Å². The van der Waals surface area contributed by atoms with E-state index in [0.29, 0.717) is 17.8 Å². The van der Waals surface area contributed by atoms with Crippen LogP contribution in [0.15, 0.2) is 55.1 Å². The second-order valence-corrected chi connectivity index (χ2v) is 8.07. The van der Waals surface area contributed by atoms with Crippen LogP contribution in [0.25, 0.3) is 0 Å². The van der Waals surface area contributed by atoms with Crippen molar-refractivity contribution in [3.8, 4) is 5.75 Å². The predicted octanol–water partition coefficient (Wildman–Crippen LogP) is 5.02. The lowest BCUT2D eigenvalue weighted by molar-refractivity contribution is 0.0305. The van der Waals surface area contributed by atoms with Crippen molar-refractivity contribution in [3.63, 3.8) is 0 Å². The third-order valence-corrected chi connectivity index (χ3v) is 5.81. The Hall–Kier alpha value is -1.81. The summed E-state index contributed by atoms with van der Waals surface area (Å²) in [6.07, 6.45) is 1.98. The summed E-state index contributed by atoms with van der Waals surface area (Å²) >= 11 is 6.21. The van der Waals surface area contributed by atoms with Crippen molar-refractivity contribution in [2.45, 2.75) is 38.9 Å². The summed E-state index contributed by atoms with van der Waals surface area (Å²) in [4.78, 5) is 5.03. The Morgan fingerprint density at radius 2 is 1.96 bits per heavy atom. The van der Waals surface area contributed by atoms with Gasteiger partial charge in [0.15, 0.2) is 0 Å². The quantitative estimate of drug-likeness (QED) is 0.733. The molecule has 2 aromatic rings. The van der Waals surface area contributed by atoms with Crippen LogP contribution in [0.4, 0.5) is 0 Å². The van der Waals surface area contributed by atoms with Crippen molar-refractivity contribution in [3.05, 3.63) is 76.8 Å². The molecular weight excluding hydrogens is 356 g/mol. The SMILES string of the molecule is C=CCN1CC(C)N(C(c2cccc(O)c2)c2ccc(Cl)cc2C)CC1C. The topological polar surface area (TPSA) is 26.7 Å². The van der Waals surface area contributed by atoms with E-state index in [9.17, 15) is 5.11 Å². The third kappa shape index (κ3) is 4.37. The van der Waals surface area contributed by atoms with Crippen LogP contribution in [0.2, 0.25) is 5.02 Å². The fraction of sp³-hybridized carbons (Fsp3) is 0.391. The Morgan fingerprint density at radius 3 is 2.63 bits per heavy atom. The Kier molecular flexibility index (Phi) is 6.25.